The van der Waals surface area contributed by atoms with Gasteiger partial charge in [0.15, 0.2) is 0 Å². The maximum absolute atomic E-state index is 13.7. The summed E-state index contributed by atoms with van der Waals surface area (Å²) in [6.07, 6.45) is -1.97. The van der Waals surface area contributed by atoms with Crippen LogP contribution in [0.5, 0.6) is 0 Å². The standard InChI is InChI=1S/C15H22FN3O2/c1-15(2,21)13(16)14(20)18-11-3-5-12(6-4-11)19-9-7-17-8-10-19/h3-6,13,17,21H,7-10H2,1-2H3,(H,18,20). The van der Waals surface area contributed by atoms with Crippen molar-refractivity contribution in [3.05, 3.63) is 24.3 Å². The Morgan fingerprint density at radius 2 is 1.90 bits per heavy atom. The number of aliphatic hydroxyl groups is 1. The van der Waals surface area contributed by atoms with Gasteiger partial charge in [-0.25, -0.2) is 4.39 Å². The highest BCUT2D eigenvalue weighted by atomic mass is 19.1. The molecular weight excluding hydrogens is 273 g/mol. The van der Waals surface area contributed by atoms with Gasteiger partial charge in [0, 0.05) is 37.6 Å². The van der Waals surface area contributed by atoms with Gasteiger partial charge >= 0.3 is 0 Å². The number of hydrogen-bond acceptors (Lipinski definition) is 4. The maximum atomic E-state index is 13.7. The number of amides is 1. The smallest absolute Gasteiger partial charge is 0.261 e. The van der Waals surface area contributed by atoms with E-state index < -0.39 is 17.7 Å². The molecule has 0 aromatic heterocycles. The zero-order chi connectivity index (χ0) is 15.5. The van der Waals surface area contributed by atoms with E-state index in [9.17, 15) is 14.3 Å². The molecule has 116 valence electrons. The third kappa shape index (κ3) is 4.15. The molecule has 1 aliphatic rings. The van der Waals surface area contributed by atoms with Gasteiger partial charge in [-0.1, -0.05) is 0 Å². The van der Waals surface area contributed by atoms with Gasteiger partial charge in [-0.15, -0.1) is 0 Å². The fraction of sp³-hybridized carbons (Fsp3) is 0.533. The first kappa shape index (κ1) is 15.7. The van der Waals surface area contributed by atoms with E-state index in [0.717, 1.165) is 31.9 Å². The number of benzene rings is 1. The Bertz CT molecular complexity index is 479. The quantitative estimate of drug-likeness (QED) is 0.779. The molecule has 1 heterocycles. The largest absolute Gasteiger partial charge is 0.387 e. The number of piperazine rings is 1. The lowest BCUT2D eigenvalue weighted by atomic mass is 10.0. The van der Waals surface area contributed by atoms with Crippen LogP contribution in [-0.2, 0) is 4.79 Å². The molecule has 0 bridgehead atoms. The monoisotopic (exact) mass is 295 g/mol. The van der Waals surface area contributed by atoms with Crippen LogP contribution >= 0.6 is 0 Å². The van der Waals surface area contributed by atoms with Crippen molar-refractivity contribution in [2.24, 2.45) is 0 Å². The van der Waals surface area contributed by atoms with Crippen molar-refractivity contribution >= 4 is 17.3 Å². The molecule has 0 aliphatic carbocycles. The summed E-state index contributed by atoms with van der Waals surface area (Å²) < 4.78 is 13.7. The molecule has 6 heteroatoms. The van der Waals surface area contributed by atoms with Gasteiger partial charge in [0.25, 0.3) is 5.91 Å². The molecule has 21 heavy (non-hydrogen) atoms. The van der Waals surface area contributed by atoms with Crippen LogP contribution in [0.3, 0.4) is 0 Å². The summed E-state index contributed by atoms with van der Waals surface area (Å²) in [5, 5.41) is 15.3. The molecule has 0 saturated carbocycles. The molecule has 1 unspecified atom stereocenters. The second-order valence-corrected chi connectivity index (χ2v) is 5.79. The first-order chi connectivity index (χ1) is 9.88. The third-order valence-electron chi connectivity index (χ3n) is 3.47. The average Bonchev–Trinajstić information content (AvgIpc) is 2.47. The lowest BCUT2D eigenvalue weighted by Gasteiger charge is -2.29. The van der Waals surface area contributed by atoms with Gasteiger partial charge in [-0.3, -0.25) is 4.79 Å². The van der Waals surface area contributed by atoms with Crippen LogP contribution in [0.25, 0.3) is 0 Å². The minimum Gasteiger partial charge on any atom is -0.387 e. The molecule has 0 radical (unpaired) electrons. The SMILES string of the molecule is CC(C)(O)C(F)C(=O)Nc1ccc(N2CCNCC2)cc1. The summed E-state index contributed by atoms with van der Waals surface area (Å²) in [6.45, 7) is 6.32. The molecule has 1 atom stereocenters. The van der Waals surface area contributed by atoms with Crippen LogP contribution in [0.2, 0.25) is 0 Å². The molecule has 0 spiro atoms. The Labute approximate surface area is 124 Å². The van der Waals surface area contributed by atoms with E-state index in [1.807, 2.05) is 12.1 Å². The third-order valence-corrected chi connectivity index (χ3v) is 3.47. The zero-order valence-corrected chi connectivity index (χ0v) is 12.4. The van der Waals surface area contributed by atoms with E-state index in [0.29, 0.717) is 5.69 Å². The number of rotatable bonds is 4. The molecule has 1 fully saturated rings. The van der Waals surface area contributed by atoms with Crippen molar-refractivity contribution in [3.8, 4) is 0 Å². The van der Waals surface area contributed by atoms with Gasteiger partial charge in [0.2, 0.25) is 6.17 Å². The van der Waals surface area contributed by atoms with Crippen LogP contribution in [0.1, 0.15) is 13.8 Å². The molecule has 5 nitrogen and oxygen atoms in total. The van der Waals surface area contributed by atoms with Gasteiger partial charge in [0.1, 0.15) is 0 Å². The van der Waals surface area contributed by atoms with Crippen LogP contribution in [0.15, 0.2) is 24.3 Å². The Kier molecular flexibility index (Phi) is 4.80. The molecule has 1 amide bonds. The lowest BCUT2D eigenvalue weighted by molar-refractivity contribution is -0.128. The van der Waals surface area contributed by atoms with Crippen molar-refractivity contribution in [3.63, 3.8) is 0 Å². The number of halogens is 1. The summed E-state index contributed by atoms with van der Waals surface area (Å²) in [5.41, 5.74) is -0.0928. The van der Waals surface area contributed by atoms with Crippen LogP contribution in [0.4, 0.5) is 15.8 Å². The van der Waals surface area contributed by atoms with Gasteiger partial charge in [-0.05, 0) is 38.1 Å². The summed E-state index contributed by atoms with van der Waals surface area (Å²) in [6, 6.07) is 7.29. The average molecular weight is 295 g/mol. The van der Waals surface area contributed by atoms with Crippen molar-refractivity contribution in [2.75, 3.05) is 36.4 Å². The molecular formula is C15H22FN3O2. The second-order valence-electron chi connectivity index (χ2n) is 5.79. The zero-order valence-electron chi connectivity index (χ0n) is 12.4. The number of hydrogen-bond donors (Lipinski definition) is 3. The van der Waals surface area contributed by atoms with E-state index >= 15 is 0 Å². The van der Waals surface area contributed by atoms with Crippen LogP contribution in [-0.4, -0.2) is 49.0 Å². The summed E-state index contributed by atoms with van der Waals surface area (Å²) in [5.74, 6) is -0.836. The van der Waals surface area contributed by atoms with Crippen molar-refractivity contribution in [1.82, 2.24) is 5.32 Å². The lowest BCUT2D eigenvalue weighted by Crippen LogP contribution is -2.43. The number of nitrogens with zero attached hydrogens (tertiary/aromatic N) is 1. The molecule has 1 aromatic carbocycles. The van der Waals surface area contributed by atoms with Crippen molar-refractivity contribution in [1.29, 1.82) is 0 Å². The van der Waals surface area contributed by atoms with Crippen LogP contribution < -0.4 is 15.5 Å². The van der Waals surface area contributed by atoms with Gasteiger partial charge in [0.05, 0.1) is 5.60 Å². The Morgan fingerprint density at radius 3 is 2.43 bits per heavy atom. The number of carbonyl (C=O) groups is 1. The second kappa shape index (κ2) is 6.41. The summed E-state index contributed by atoms with van der Waals surface area (Å²) >= 11 is 0. The highest BCUT2D eigenvalue weighted by Gasteiger charge is 2.33. The fourth-order valence-electron chi connectivity index (χ4n) is 2.21. The van der Waals surface area contributed by atoms with E-state index in [1.165, 1.54) is 13.8 Å². The van der Waals surface area contributed by atoms with Crippen molar-refractivity contribution in [2.45, 2.75) is 25.6 Å². The Hall–Kier alpha value is -1.66. The highest BCUT2D eigenvalue weighted by molar-refractivity contribution is 5.95. The first-order valence-corrected chi connectivity index (χ1v) is 7.11. The minimum absolute atomic E-state index is 0.519. The van der Waals surface area contributed by atoms with Gasteiger partial charge < -0.3 is 20.6 Å². The number of alkyl halides is 1. The number of anilines is 2. The molecule has 2 rings (SSSR count). The predicted octanol–water partition coefficient (Wildman–Crippen LogP) is 1.14. The summed E-state index contributed by atoms with van der Waals surface area (Å²) in [7, 11) is 0. The molecule has 1 saturated heterocycles. The Morgan fingerprint density at radius 1 is 1.33 bits per heavy atom. The normalized spacial score (nSPS) is 17.4. The Balaban J connectivity index is 1.97. The maximum Gasteiger partial charge on any atom is 0.261 e. The van der Waals surface area contributed by atoms with E-state index in [4.69, 9.17) is 0 Å². The molecule has 1 aromatic rings. The highest BCUT2D eigenvalue weighted by Crippen LogP contribution is 2.20. The van der Waals surface area contributed by atoms with E-state index in [-0.39, 0.29) is 0 Å². The molecule has 1 aliphatic heterocycles. The first-order valence-electron chi connectivity index (χ1n) is 7.11. The van der Waals surface area contributed by atoms with E-state index in [1.54, 1.807) is 12.1 Å². The number of carbonyl (C=O) groups excluding carboxylic acids is 1. The summed E-state index contributed by atoms with van der Waals surface area (Å²) in [4.78, 5) is 13.9. The molecule has 3 N–H and O–H groups in total. The van der Waals surface area contributed by atoms with E-state index in [2.05, 4.69) is 15.5 Å². The fourth-order valence-corrected chi connectivity index (χ4v) is 2.21. The predicted molar refractivity (Wildman–Crippen MR) is 81.3 cm³/mol. The van der Waals surface area contributed by atoms with Crippen molar-refractivity contribution < 1.29 is 14.3 Å². The number of nitrogens with one attached hydrogen (secondary N) is 2. The van der Waals surface area contributed by atoms with Gasteiger partial charge in [-0.2, -0.15) is 0 Å². The van der Waals surface area contributed by atoms with Crippen LogP contribution in [0, 0.1) is 0 Å². The minimum atomic E-state index is -1.97. The topological polar surface area (TPSA) is 64.6 Å².